The third kappa shape index (κ3) is 5.15. The molecule has 1 fully saturated rings. The van der Waals surface area contributed by atoms with Gasteiger partial charge in [0.1, 0.15) is 24.6 Å². The van der Waals surface area contributed by atoms with Gasteiger partial charge in [0.05, 0.1) is 10.5 Å². The highest BCUT2D eigenvalue weighted by Crippen LogP contribution is 2.39. The minimum Gasteiger partial charge on any atom is -0.488 e. The number of benzene rings is 1. The van der Waals surface area contributed by atoms with Crippen LogP contribution in [-0.4, -0.2) is 58.8 Å². The molecule has 1 amide bonds. The van der Waals surface area contributed by atoms with Gasteiger partial charge in [0.15, 0.2) is 11.6 Å². The van der Waals surface area contributed by atoms with Gasteiger partial charge in [-0.05, 0) is 60.5 Å². The van der Waals surface area contributed by atoms with Gasteiger partial charge in [-0.3, -0.25) is 9.88 Å². The standard InChI is InChI=1S/C23H27BrFN3O4/c1-23(2,3)32-22(29)28-9-8-27-11-16-10-18(30-13-15-4-6-26-7-5-15)19(24)20(25)21(16)31-14-17(27)12-28/h4-7,10,17H,8-9,11-14H2,1-3H3. The van der Waals surface area contributed by atoms with Gasteiger partial charge in [0.25, 0.3) is 0 Å². The monoisotopic (exact) mass is 507 g/mol. The van der Waals surface area contributed by atoms with E-state index >= 15 is 4.39 Å². The third-order valence-corrected chi connectivity index (χ3v) is 6.14. The number of nitrogens with zero attached hydrogens (tertiary/aromatic N) is 3. The molecule has 1 aromatic carbocycles. The second kappa shape index (κ2) is 9.23. The summed E-state index contributed by atoms with van der Waals surface area (Å²) in [6.45, 7) is 8.31. The lowest BCUT2D eigenvalue weighted by Gasteiger charge is -2.40. The van der Waals surface area contributed by atoms with E-state index < -0.39 is 11.4 Å². The van der Waals surface area contributed by atoms with E-state index in [9.17, 15) is 4.79 Å². The summed E-state index contributed by atoms with van der Waals surface area (Å²) < 4.78 is 32.7. The fraction of sp³-hybridized carbons (Fsp3) is 0.478. The molecule has 1 atom stereocenters. The topological polar surface area (TPSA) is 64.1 Å². The molecule has 0 radical (unpaired) electrons. The number of aromatic nitrogens is 1. The van der Waals surface area contributed by atoms with Crippen molar-refractivity contribution in [3.8, 4) is 11.5 Å². The normalized spacial score (nSPS) is 18.8. The lowest BCUT2D eigenvalue weighted by molar-refractivity contribution is -0.00164. The van der Waals surface area contributed by atoms with E-state index in [-0.39, 0.29) is 29.0 Å². The molecule has 2 aliphatic rings. The first kappa shape index (κ1) is 22.8. The zero-order valence-corrected chi connectivity index (χ0v) is 20.0. The van der Waals surface area contributed by atoms with Gasteiger partial charge in [-0.25, -0.2) is 9.18 Å². The van der Waals surface area contributed by atoms with E-state index in [0.29, 0.717) is 38.5 Å². The van der Waals surface area contributed by atoms with Gasteiger partial charge in [0.2, 0.25) is 0 Å². The van der Waals surface area contributed by atoms with Crippen molar-refractivity contribution in [3.63, 3.8) is 0 Å². The molecule has 0 saturated carbocycles. The molecular weight excluding hydrogens is 481 g/mol. The average molecular weight is 508 g/mol. The smallest absolute Gasteiger partial charge is 0.410 e. The van der Waals surface area contributed by atoms with Gasteiger partial charge in [-0.2, -0.15) is 0 Å². The summed E-state index contributed by atoms with van der Waals surface area (Å²) in [5.41, 5.74) is 1.12. The predicted octanol–water partition coefficient (Wildman–Crippen LogP) is 4.38. The predicted molar refractivity (Wildman–Crippen MR) is 120 cm³/mol. The van der Waals surface area contributed by atoms with Crippen molar-refractivity contribution in [2.24, 2.45) is 0 Å². The van der Waals surface area contributed by atoms with E-state index in [2.05, 4.69) is 25.8 Å². The number of ether oxygens (including phenoxy) is 3. The third-order valence-electron chi connectivity index (χ3n) is 5.40. The maximum absolute atomic E-state index is 15.2. The van der Waals surface area contributed by atoms with Gasteiger partial charge in [-0.15, -0.1) is 0 Å². The fourth-order valence-electron chi connectivity index (χ4n) is 3.80. The Balaban J connectivity index is 1.48. The zero-order valence-electron chi connectivity index (χ0n) is 18.4. The van der Waals surface area contributed by atoms with Crippen LogP contribution in [0.3, 0.4) is 0 Å². The molecule has 1 aromatic heterocycles. The minimum absolute atomic E-state index is 0.0527. The number of pyridine rings is 1. The molecule has 1 saturated heterocycles. The Morgan fingerprint density at radius 3 is 2.78 bits per heavy atom. The number of fused-ring (bicyclic) bond motifs is 2. The van der Waals surface area contributed by atoms with Crippen LogP contribution in [0.5, 0.6) is 11.5 Å². The van der Waals surface area contributed by atoms with Crippen LogP contribution in [0.15, 0.2) is 35.1 Å². The summed E-state index contributed by atoms with van der Waals surface area (Å²) in [5, 5.41) is 0. The molecule has 0 bridgehead atoms. The molecule has 172 valence electrons. The number of hydrogen-bond donors (Lipinski definition) is 0. The molecule has 2 aliphatic heterocycles. The highest BCUT2D eigenvalue weighted by atomic mass is 79.9. The van der Waals surface area contributed by atoms with Gasteiger partial charge in [-0.1, -0.05) is 0 Å². The minimum atomic E-state index is -0.549. The quantitative estimate of drug-likeness (QED) is 0.614. The molecule has 3 heterocycles. The Labute approximate surface area is 195 Å². The first-order chi connectivity index (χ1) is 15.2. The second-order valence-corrected chi connectivity index (χ2v) is 9.79. The highest BCUT2D eigenvalue weighted by Gasteiger charge is 2.35. The summed E-state index contributed by atoms with van der Waals surface area (Å²) in [6, 6.07) is 5.48. The second-order valence-electron chi connectivity index (χ2n) is 9.00. The van der Waals surface area contributed by atoms with Gasteiger partial charge < -0.3 is 19.1 Å². The number of amides is 1. The summed E-state index contributed by atoms with van der Waals surface area (Å²) >= 11 is 3.32. The van der Waals surface area contributed by atoms with Crippen molar-refractivity contribution in [2.45, 2.75) is 45.6 Å². The fourth-order valence-corrected chi connectivity index (χ4v) is 4.21. The van der Waals surface area contributed by atoms with Gasteiger partial charge in [0, 0.05) is 44.1 Å². The molecule has 9 heteroatoms. The van der Waals surface area contributed by atoms with Crippen LogP contribution in [0.2, 0.25) is 0 Å². The molecule has 32 heavy (non-hydrogen) atoms. The largest absolute Gasteiger partial charge is 0.488 e. The van der Waals surface area contributed by atoms with E-state index in [1.54, 1.807) is 17.3 Å². The number of rotatable bonds is 3. The Bertz CT molecular complexity index is 983. The summed E-state index contributed by atoms with van der Waals surface area (Å²) in [6.07, 6.45) is 3.05. The van der Waals surface area contributed by atoms with Crippen molar-refractivity contribution in [1.29, 1.82) is 0 Å². The summed E-state index contributed by atoms with van der Waals surface area (Å²) in [5.74, 6) is 0.176. The average Bonchev–Trinajstić information content (AvgIpc) is 2.93. The Hall–Kier alpha value is -2.39. The molecule has 1 unspecified atom stereocenters. The summed E-state index contributed by atoms with van der Waals surface area (Å²) in [7, 11) is 0. The maximum Gasteiger partial charge on any atom is 0.410 e. The van der Waals surface area contributed by atoms with Crippen LogP contribution in [0.4, 0.5) is 9.18 Å². The Morgan fingerprint density at radius 1 is 1.31 bits per heavy atom. The van der Waals surface area contributed by atoms with Crippen LogP contribution >= 0.6 is 15.9 Å². The molecular formula is C23H27BrFN3O4. The number of piperazine rings is 1. The molecule has 0 N–H and O–H groups in total. The number of carbonyl (C=O) groups excluding carboxylic acids is 1. The van der Waals surface area contributed by atoms with Crippen LogP contribution in [0.1, 0.15) is 31.9 Å². The first-order valence-corrected chi connectivity index (χ1v) is 11.4. The maximum atomic E-state index is 15.2. The van der Waals surface area contributed by atoms with Crippen LogP contribution in [0.25, 0.3) is 0 Å². The first-order valence-electron chi connectivity index (χ1n) is 10.6. The number of carbonyl (C=O) groups is 1. The number of halogens is 2. The molecule has 4 rings (SSSR count). The zero-order chi connectivity index (χ0) is 22.9. The lowest BCUT2D eigenvalue weighted by Crippen LogP contribution is -2.56. The van der Waals surface area contributed by atoms with E-state index in [0.717, 1.165) is 11.1 Å². The lowest BCUT2D eigenvalue weighted by atomic mass is 10.1. The SMILES string of the molecule is CC(C)(C)OC(=O)N1CCN2Cc3cc(OCc4ccncc4)c(Br)c(F)c3OCC2C1. The van der Waals surface area contributed by atoms with Crippen molar-refractivity contribution >= 4 is 22.0 Å². The van der Waals surface area contributed by atoms with E-state index in [4.69, 9.17) is 14.2 Å². The van der Waals surface area contributed by atoms with E-state index in [1.165, 1.54) is 0 Å². The van der Waals surface area contributed by atoms with Crippen molar-refractivity contribution < 1.29 is 23.4 Å². The van der Waals surface area contributed by atoms with Crippen molar-refractivity contribution in [3.05, 3.63) is 52.0 Å². The van der Waals surface area contributed by atoms with Crippen molar-refractivity contribution in [2.75, 3.05) is 26.2 Å². The molecule has 7 nitrogen and oxygen atoms in total. The summed E-state index contributed by atoms with van der Waals surface area (Å²) in [4.78, 5) is 20.4. The van der Waals surface area contributed by atoms with Crippen LogP contribution < -0.4 is 9.47 Å². The Morgan fingerprint density at radius 2 is 2.06 bits per heavy atom. The van der Waals surface area contributed by atoms with Crippen molar-refractivity contribution in [1.82, 2.24) is 14.8 Å². The molecule has 0 spiro atoms. The van der Waals surface area contributed by atoms with Gasteiger partial charge >= 0.3 is 6.09 Å². The van der Waals surface area contributed by atoms with E-state index in [1.807, 2.05) is 39.0 Å². The highest BCUT2D eigenvalue weighted by molar-refractivity contribution is 9.10. The molecule has 0 aliphatic carbocycles. The Kier molecular flexibility index (Phi) is 6.57. The molecule has 2 aromatic rings. The van der Waals surface area contributed by atoms with Crippen LogP contribution in [0, 0.1) is 5.82 Å². The van der Waals surface area contributed by atoms with Crippen LogP contribution in [-0.2, 0) is 17.9 Å². The number of hydrogen-bond acceptors (Lipinski definition) is 6.